The number of hydrogen-bond acceptors (Lipinski definition) is 9. The number of nitrogens with one attached hydrogen (secondary N) is 1. The van der Waals surface area contributed by atoms with Crippen molar-refractivity contribution in [2.45, 2.75) is 230 Å². The summed E-state index contributed by atoms with van der Waals surface area (Å²) in [5.41, 5.74) is 0. The molecule has 0 spiro atoms. The summed E-state index contributed by atoms with van der Waals surface area (Å²) in [7, 11) is 0. The molecule has 1 rings (SSSR count). The van der Waals surface area contributed by atoms with E-state index in [0.717, 1.165) is 25.7 Å². The molecule has 10 nitrogen and oxygen atoms in total. The minimum Gasteiger partial charge on any atom is -0.394 e. The first-order chi connectivity index (χ1) is 23.8. The van der Waals surface area contributed by atoms with Gasteiger partial charge in [0.05, 0.1) is 25.4 Å². The van der Waals surface area contributed by atoms with Gasteiger partial charge in [0.15, 0.2) is 6.29 Å². The monoisotopic (exact) mass is 704 g/mol. The van der Waals surface area contributed by atoms with E-state index in [4.69, 9.17) is 9.47 Å². The van der Waals surface area contributed by atoms with E-state index in [2.05, 4.69) is 12.2 Å². The lowest BCUT2D eigenvalue weighted by Gasteiger charge is -2.40. The van der Waals surface area contributed by atoms with E-state index in [1.54, 1.807) is 0 Å². The van der Waals surface area contributed by atoms with Crippen molar-refractivity contribution in [3.8, 4) is 0 Å². The highest BCUT2D eigenvalue weighted by atomic mass is 16.7. The lowest BCUT2D eigenvalue weighted by atomic mass is 9.99. The van der Waals surface area contributed by atoms with Gasteiger partial charge in [-0.3, -0.25) is 4.79 Å². The summed E-state index contributed by atoms with van der Waals surface area (Å²) in [6.07, 6.45) is 21.7. The number of carbonyl (C=O) groups excluding carboxylic acids is 1. The number of ether oxygens (including phenoxy) is 2. The zero-order valence-corrected chi connectivity index (χ0v) is 31.3. The maximum atomic E-state index is 12.7. The fourth-order valence-corrected chi connectivity index (χ4v) is 6.71. The topological polar surface area (TPSA) is 169 Å². The summed E-state index contributed by atoms with van der Waals surface area (Å²) in [6, 6.07) is -0.981. The van der Waals surface area contributed by atoms with Gasteiger partial charge in [0.25, 0.3) is 0 Å². The molecule has 5 unspecified atom stereocenters. The number of unbranched alkanes of at least 4 members (excludes halogenated alkanes) is 22. The van der Waals surface area contributed by atoms with Crippen LogP contribution in [-0.4, -0.2) is 98.7 Å². The van der Waals surface area contributed by atoms with E-state index in [9.17, 15) is 35.4 Å². The van der Waals surface area contributed by atoms with Crippen LogP contribution in [0.5, 0.6) is 0 Å². The van der Waals surface area contributed by atoms with Crippen molar-refractivity contribution >= 4 is 5.91 Å². The minimum absolute atomic E-state index is 0.270. The Labute approximate surface area is 298 Å². The van der Waals surface area contributed by atoms with Gasteiger partial charge in [0, 0.05) is 6.42 Å². The number of aliphatic hydroxyl groups is 6. The predicted molar refractivity (Wildman–Crippen MR) is 195 cm³/mol. The fourth-order valence-electron chi connectivity index (χ4n) is 6.71. The molecule has 8 atom stereocenters. The second-order valence-corrected chi connectivity index (χ2v) is 14.6. The molecule has 49 heavy (non-hydrogen) atoms. The average Bonchev–Trinajstić information content (AvgIpc) is 3.09. The first kappa shape index (κ1) is 46.2. The molecule has 1 heterocycles. The van der Waals surface area contributed by atoms with Crippen molar-refractivity contribution < 1.29 is 44.9 Å². The smallest absolute Gasteiger partial charge is 0.220 e. The summed E-state index contributed by atoms with van der Waals surface area (Å²) >= 11 is 0. The third kappa shape index (κ3) is 22.0. The second-order valence-electron chi connectivity index (χ2n) is 14.6. The number of amides is 1. The van der Waals surface area contributed by atoms with Gasteiger partial charge in [0.2, 0.25) is 5.91 Å². The highest BCUT2D eigenvalue weighted by Crippen LogP contribution is 2.23. The number of hydrogen-bond donors (Lipinski definition) is 7. The van der Waals surface area contributed by atoms with Gasteiger partial charge in [-0.25, -0.2) is 0 Å². The molecule has 0 bridgehead atoms. The molecule has 0 aromatic carbocycles. The quantitative estimate of drug-likeness (QED) is 0.0394. The Bertz CT molecular complexity index is 758. The normalized spacial score (nSPS) is 23.0. The van der Waals surface area contributed by atoms with Gasteiger partial charge >= 0.3 is 0 Å². The Kier molecular flexibility index (Phi) is 29.0. The Hall–Kier alpha value is -0.850. The third-order valence-electron chi connectivity index (χ3n) is 10.0. The van der Waals surface area contributed by atoms with Crippen LogP contribution in [0.15, 0.2) is 0 Å². The van der Waals surface area contributed by atoms with E-state index >= 15 is 0 Å². The molecule has 1 aliphatic heterocycles. The number of rotatable bonds is 33. The van der Waals surface area contributed by atoms with Gasteiger partial charge in [-0.15, -0.1) is 0 Å². The van der Waals surface area contributed by atoms with Crippen LogP contribution in [0.3, 0.4) is 0 Å². The Balaban J connectivity index is 2.10. The summed E-state index contributed by atoms with van der Waals surface area (Å²) in [5, 5.41) is 63.5. The van der Waals surface area contributed by atoms with Crippen molar-refractivity contribution in [1.82, 2.24) is 5.32 Å². The first-order valence-corrected chi connectivity index (χ1v) is 20.3. The Morgan fingerprint density at radius 1 is 0.633 bits per heavy atom. The molecule has 0 radical (unpaired) electrons. The lowest BCUT2D eigenvalue weighted by Crippen LogP contribution is -2.60. The van der Waals surface area contributed by atoms with Crippen LogP contribution in [0.1, 0.15) is 181 Å². The maximum Gasteiger partial charge on any atom is 0.220 e. The van der Waals surface area contributed by atoms with Gasteiger partial charge in [0.1, 0.15) is 30.5 Å². The summed E-state index contributed by atoms with van der Waals surface area (Å²) in [4.78, 5) is 12.7. The van der Waals surface area contributed by atoms with Crippen LogP contribution >= 0.6 is 0 Å². The molecule has 10 heteroatoms. The molecule has 1 saturated heterocycles. The zero-order valence-electron chi connectivity index (χ0n) is 31.3. The molecule has 0 aromatic heterocycles. The molecule has 292 valence electrons. The van der Waals surface area contributed by atoms with Gasteiger partial charge in [-0.1, -0.05) is 162 Å². The summed E-state index contributed by atoms with van der Waals surface area (Å²) in [6.45, 7) is 3.24. The molecule has 7 N–H and O–H groups in total. The summed E-state index contributed by atoms with van der Waals surface area (Å²) in [5.74, 6) is -0.270. The number of carbonyl (C=O) groups is 1. The standard InChI is InChI=1S/C39H77NO9/c1-3-5-6-7-8-9-10-11-12-13-14-15-16-17-18-19-20-21-22-23-24-25-26-28-34(43)40-31(35(44)32(42)27-4-2)30-48-39-38(47)37(46)36(45)33(29-41)49-39/h31-33,35-39,41-42,44-47H,3-30H2,1-2H3,(H,40,43)/t31-,32+,33?,35-,36?,37?,38?,39?/m0/s1. The zero-order chi connectivity index (χ0) is 36.1. The summed E-state index contributed by atoms with van der Waals surface area (Å²) < 4.78 is 10.9. The molecule has 1 amide bonds. The molecule has 1 fully saturated rings. The third-order valence-corrected chi connectivity index (χ3v) is 10.0. The SMILES string of the molecule is CCCCCCCCCCCCCCCCCCCCCCCCCC(=O)N[C@@H](COC1OC(CO)C(O)C(O)C1O)[C@H](O)[C@H](O)CCC. The molecular formula is C39H77NO9. The molecular weight excluding hydrogens is 626 g/mol. The van der Waals surface area contributed by atoms with E-state index in [1.165, 1.54) is 122 Å². The van der Waals surface area contributed by atoms with Crippen LogP contribution in [0.2, 0.25) is 0 Å². The van der Waals surface area contributed by atoms with E-state index in [0.29, 0.717) is 12.8 Å². The van der Waals surface area contributed by atoms with E-state index in [1.807, 2.05) is 6.92 Å². The Morgan fingerprint density at radius 3 is 1.47 bits per heavy atom. The highest BCUT2D eigenvalue weighted by molar-refractivity contribution is 5.76. The molecule has 0 aromatic rings. The molecule has 0 saturated carbocycles. The van der Waals surface area contributed by atoms with Gasteiger partial charge in [-0.2, -0.15) is 0 Å². The van der Waals surface area contributed by atoms with Gasteiger partial charge < -0.3 is 45.4 Å². The van der Waals surface area contributed by atoms with Crippen molar-refractivity contribution in [1.29, 1.82) is 0 Å². The largest absolute Gasteiger partial charge is 0.394 e. The van der Waals surface area contributed by atoms with E-state index in [-0.39, 0.29) is 18.9 Å². The maximum absolute atomic E-state index is 12.7. The lowest BCUT2D eigenvalue weighted by molar-refractivity contribution is -0.303. The van der Waals surface area contributed by atoms with Crippen LogP contribution in [-0.2, 0) is 14.3 Å². The number of aliphatic hydroxyl groups excluding tert-OH is 6. The molecule has 1 aliphatic rings. The van der Waals surface area contributed by atoms with Crippen molar-refractivity contribution in [3.05, 3.63) is 0 Å². The van der Waals surface area contributed by atoms with E-state index < -0.39 is 55.6 Å². The van der Waals surface area contributed by atoms with Crippen molar-refractivity contribution in [2.24, 2.45) is 0 Å². The highest BCUT2D eigenvalue weighted by Gasteiger charge is 2.44. The predicted octanol–water partition coefficient (Wildman–Crippen LogP) is 6.19. The molecule has 0 aliphatic carbocycles. The van der Waals surface area contributed by atoms with Crippen molar-refractivity contribution in [3.63, 3.8) is 0 Å². The van der Waals surface area contributed by atoms with Crippen LogP contribution in [0.4, 0.5) is 0 Å². The van der Waals surface area contributed by atoms with Crippen LogP contribution in [0.25, 0.3) is 0 Å². The second kappa shape index (κ2) is 30.7. The minimum atomic E-state index is -1.60. The average molecular weight is 704 g/mol. The van der Waals surface area contributed by atoms with Crippen LogP contribution < -0.4 is 5.32 Å². The fraction of sp³-hybridized carbons (Fsp3) is 0.974. The van der Waals surface area contributed by atoms with Gasteiger partial charge in [-0.05, 0) is 12.8 Å². The first-order valence-electron chi connectivity index (χ1n) is 20.3. The van der Waals surface area contributed by atoms with Crippen molar-refractivity contribution in [2.75, 3.05) is 13.2 Å². The Morgan fingerprint density at radius 2 is 1.06 bits per heavy atom. The van der Waals surface area contributed by atoms with Crippen LogP contribution in [0, 0.1) is 0 Å².